The predicted octanol–water partition coefficient (Wildman–Crippen LogP) is 5.91. The van der Waals surface area contributed by atoms with Gasteiger partial charge in [-0.15, -0.1) is 0 Å². The summed E-state index contributed by atoms with van der Waals surface area (Å²) in [5.41, 5.74) is 1.08. The van der Waals surface area contributed by atoms with Crippen molar-refractivity contribution in [2.24, 2.45) is 0 Å². The van der Waals surface area contributed by atoms with Crippen molar-refractivity contribution in [2.75, 3.05) is 6.61 Å². The third-order valence-corrected chi connectivity index (χ3v) is 3.68. The molecule has 0 aliphatic rings. The smallest absolute Gasteiger partial charge is 0.434 e. The molecule has 124 valence electrons. The first kappa shape index (κ1) is 18.5. The highest BCUT2D eigenvalue weighted by Gasteiger charge is 2.09. The highest BCUT2D eigenvalue weighted by Crippen LogP contribution is 2.21. The van der Waals surface area contributed by atoms with Crippen LogP contribution in [0.3, 0.4) is 0 Å². The number of ether oxygens (including phenoxy) is 2. The Hall–Kier alpha value is -1.51. The van der Waals surface area contributed by atoms with Crippen molar-refractivity contribution < 1.29 is 14.3 Å². The molecule has 3 heteroatoms. The maximum absolute atomic E-state index is 11.7. The van der Waals surface area contributed by atoms with Gasteiger partial charge in [0, 0.05) is 0 Å². The molecule has 0 aromatic heterocycles. The maximum atomic E-state index is 11.7. The number of carbonyl (C=O) groups is 1. The number of hydrogen-bond donors (Lipinski definition) is 0. The molecule has 0 bridgehead atoms. The van der Waals surface area contributed by atoms with E-state index in [1.165, 1.54) is 32.1 Å². The van der Waals surface area contributed by atoms with Crippen LogP contribution in [0.5, 0.6) is 5.75 Å². The summed E-state index contributed by atoms with van der Waals surface area (Å²) in [6.07, 6.45) is 9.53. The number of benzene rings is 1. The lowest BCUT2D eigenvalue weighted by Crippen LogP contribution is -2.12. The molecule has 0 saturated heterocycles. The van der Waals surface area contributed by atoms with Crippen LogP contribution in [0.4, 0.5) is 4.79 Å². The first-order valence-corrected chi connectivity index (χ1v) is 8.70. The van der Waals surface area contributed by atoms with Crippen LogP contribution in [-0.2, 0) is 11.2 Å². The molecule has 0 unspecified atom stereocenters. The first-order valence-electron chi connectivity index (χ1n) is 8.70. The second-order valence-electron chi connectivity index (χ2n) is 5.68. The molecular formula is C19H30O3. The van der Waals surface area contributed by atoms with E-state index in [1.54, 1.807) is 0 Å². The summed E-state index contributed by atoms with van der Waals surface area (Å²) in [6.45, 7) is 4.81. The Morgan fingerprint density at radius 1 is 0.909 bits per heavy atom. The molecule has 3 nitrogen and oxygen atoms in total. The molecule has 0 spiro atoms. The molecule has 0 aliphatic carbocycles. The normalized spacial score (nSPS) is 10.5. The van der Waals surface area contributed by atoms with Crippen molar-refractivity contribution in [3.05, 3.63) is 29.8 Å². The van der Waals surface area contributed by atoms with Gasteiger partial charge in [0.25, 0.3) is 0 Å². The van der Waals surface area contributed by atoms with E-state index in [0.717, 1.165) is 31.2 Å². The molecule has 1 aromatic carbocycles. The van der Waals surface area contributed by atoms with Gasteiger partial charge in [-0.2, -0.15) is 0 Å². The highest BCUT2D eigenvalue weighted by atomic mass is 16.7. The van der Waals surface area contributed by atoms with Crippen LogP contribution >= 0.6 is 0 Å². The monoisotopic (exact) mass is 306 g/mol. The Morgan fingerprint density at radius 3 is 2.36 bits per heavy atom. The van der Waals surface area contributed by atoms with Gasteiger partial charge < -0.3 is 9.47 Å². The average Bonchev–Trinajstić information content (AvgIpc) is 2.52. The lowest BCUT2D eigenvalue weighted by molar-refractivity contribution is 0.0969. The quantitative estimate of drug-likeness (QED) is 0.290. The highest BCUT2D eigenvalue weighted by molar-refractivity contribution is 5.64. The van der Waals surface area contributed by atoms with E-state index in [-0.39, 0.29) is 0 Å². The number of carbonyl (C=O) groups excluding carboxylic acids is 1. The van der Waals surface area contributed by atoms with E-state index >= 15 is 0 Å². The molecule has 1 rings (SSSR count). The van der Waals surface area contributed by atoms with Crippen LogP contribution in [0.25, 0.3) is 0 Å². The zero-order chi connectivity index (χ0) is 16.0. The summed E-state index contributed by atoms with van der Waals surface area (Å²) in [6, 6.07) is 7.72. The minimum Gasteiger partial charge on any atom is -0.434 e. The fraction of sp³-hybridized carbons (Fsp3) is 0.632. The number of rotatable bonds is 11. The Labute approximate surface area is 135 Å². The van der Waals surface area contributed by atoms with E-state index in [4.69, 9.17) is 9.47 Å². The maximum Gasteiger partial charge on any atom is 0.513 e. The van der Waals surface area contributed by atoms with Crippen LogP contribution in [-0.4, -0.2) is 12.8 Å². The van der Waals surface area contributed by atoms with E-state index < -0.39 is 6.16 Å². The van der Waals surface area contributed by atoms with Gasteiger partial charge in [0.15, 0.2) is 0 Å². The largest absolute Gasteiger partial charge is 0.513 e. The van der Waals surface area contributed by atoms with Crippen molar-refractivity contribution in [3.8, 4) is 5.75 Å². The fourth-order valence-electron chi connectivity index (χ4n) is 2.36. The lowest BCUT2D eigenvalue weighted by Gasteiger charge is -2.10. The van der Waals surface area contributed by atoms with Crippen LogP contribution in [0.15, 0.2) is 24.3 Å². The van der Waals surface area contributed by atoms with Gasteiger partial charge in [0.2, 0.25) is 0 Å². The Balaban J connectivity index is 2.31. The van der Waals surface area contributed by atoms with Crippen molar-refractivity contribution in [3.63, 3.8) is 0 Å². The Bertz CT molecular complexity index is 415. The predicted molar refractivity (Wildman–Crippen MR) is 90.4 cm³/mol. The van der Waals surface area contributed by atoms with E-state index in [9.17, 15) is 4.79 Å². The van der Waals surface area contributed by atoms with Crippen molar-refractivity contribution in [1.29, 1.82) is 0 Å². The van der Waals surface area contributed by atoms with Gasteiger partial charge in [-0.1, -0.05) is 70.6 Å². The molecule has 0 atom stereocenters. The molecular weight excluding hydrogens is 276 g/mol. The molecule has 0 amide bonds. The topological polar surface area (TPSA) is 35.5 Å². The molecule has 0 saturated carbocycles. The van der Waals surface area contributed by atoms with Crippen LogP contribution in [0.2, 0.25) is 0 Å². The van der Waals surface area contributed by atoms with Crippen LogP contribution < -0.4 is 4.74 Å². The Kier molecular flexibility index (Phi) is 10.2. The molecule has 0 N–H and O–H groups in total. The third-order valence-electron chi connectivity index (χ3n) is 3.68. The lowest BCUT2D eigenvalue weighted by atomic mass is 10.1. The molecule has 1 aromatic rings. The molecule has 0 radical (unpaired) electrons. The van der Waals surface area contributed by atoms with Crippen molar-refractivity contribution in [2.45, 2.75) is 71.6 Å². The van der Waals surface area contributed by atoms with Crippen molar-refractivity contribution in [1.82, 2.24) is 0 Å². The van der Waals surface area contributed by atoms with E-state index in [1.807, 2.05) is 24.3 Å². The molecule has 22 heavy (non-hydrogen) atoms. The van der Waals surface area contributed by atoms with Gasteiger partial charge in [-0.3, -0.25) is 0 Å². The fourth-order valence-corrected chi connectivity index (χ4v) is 2.36. The SMILES string of the molecule is CCCCCCCOC(=O)Oc1ccccc1CCCCC. The molecule has 0 aliphatic heterocycles. The number of para-hydroxylation sites is 1. The van der Waals surface area contributed by atoms with Gasteiger partial charge >= 0.3 is 6.16 Å². The third kappa shape index (κ3) is 8.06. The summed E-state index contributed by atoms with van der Waals surface area (Å²) in [7, 11) is 0. The molecule has 0 fully saturated rings. The van der Waals surface area contributed by atoms with E-state index in [2.05, 4.69) is 13.8 Å². The molecule has 0 heterocycles. The second kappa shape index (κ2) is 12.1. The number of hydrogen-bond acceptors (Lipinski definition) is 3. The average molecular weight is 306 g/mol. The van der Waals surface area contributed by atoms with Crippen LogP contribution in [0, 0.1) is 0 Å². The standard InChI is InChI=1S/C19H30O3/c1-3-5-7-8-12-16-21-19(20)22-18-15-11-10-14-17(18)13-9-6-4-2/h10-11,14-15H,3-9,12-13,16H2,1-2H3. The summed E-state index contributed by atoms with van der Waals surface area (Å²) >= 11 is 0. The Morgan fingerprint density at radius 2 is 1.59 bits per heavy atom. The minimum absolute atomic E-state index is 0.445. The summed E-state index contributed by atoms with van der Waals surface area (Å²) in [4.78, 5) is 11.7. The number of aryl methyl sites for hydroxylation is 1. The first-order chi connectivity index (χ1) is 10.8. The second-order valence-corrected chi connectivity index (χ2v) is 5.68. The zero-order valence-corrected chi connectivity index (χ0v) is 14.1. The summed E-state index contributed by atoms with van der Waals surface area (Å²) in [5.74, 6) is 0.634. The van der Waals surface area contributed by atoms with Gasteiger partial charge in [0.1, 0.15) is 5.75 Å². The summed E-state index contributed by atoms with van der Waals surface area (Å²) < 4.78 is 10.5. The van der Waals surface area contributed by atoms with Gasteiger partial charge in [-0.25, -0.2) is 4.79 Å². The summed E-state index contributed by atoms with van der Waals surface area (Å²) in [5, 5.41) is 0. The van der Waals surface area contributed by atoms with Crippen molar-refractivity contribution >= 4 is 6.16 Å². The van der Waals surface area contributed by atoms with Crippen LogP contribution in [0.1, 0.15) is 70.8 Å². The van der Waals surface area contributed by atoms with E-state index in [0.29, 0.717) is 12.4 Å². The minimum atomic E-state index is -0.585. The zero-order valence-electron chi connectivity index (χ0n) is 14.1. The van der Waals surface area contributed by atoms with Gasteiger partial charge in [0.05, 0.1) is 6.61 Å². The van der Waals surface area contributed by atoms with Gasteiger partial charge in [-0.05, 0) is 30.9 Å². The number of unbranched alkanes of at least 4 members (excludes halogenated alkanes) is 6.